The molecule has 4 aromatic rings. The Morgan fingerprint density at radius 1 is 0.840 bits per heavy atom. The van der Waals surface area contributed by atoms with Crippen LogP contribution in [0.1, 0.15) is 5.56 Å². The Hall–Kier alpha value is -3.53. The van der Waals surface area contributed by atoms with Crippen LogP contribution in [-0.4, -0.2) is 11.3 Å². The molecule has 122 valence electrons. The van der Waals surface area contributed by atoms with Crippen molar-refractivity contribution in [3.05, 3.63) is 84.4 Å². The molecule has 0 radical (unpaired) electrons. The van der Waals surface area contributed by atoms with E-state index >= 15 is 0 Å². The van der Waals surface area contributed by atoms with Crippen LogP contribution in [0.2, 0.25) is 0 Å². The first kappa shape index (κ1) is 15.0. The van der Waals surface area contributed by atoms with Crippen LogP contribution in [0.4, 0.5) is 17.3 Å². The van der Waals surface area contributed by atoms with Crippen LogP contribution < -0.4 is 5.32 Å². The van der Waals surface area contributed by atoms with Gasteiger partial charge in [0, 0.05) is 22.9 Å². The van der Waals surface area contributed by atoms with Crippen LogP contribution in [0, 0.1) is 0 Å². The highest BCUT2D eigenvalue weighted by molar-refractivity contribution is 5.99. The summed E-state index contributed by atoms with van der Waals surface area (Å²) < 4.78 is 5.89. The van der Waals surface area contributed by atoms with Crippen molar-refractivity contribution < 1.29 is 9.52 Å². The number of hydrogen-bond acceptors (Lipinski definition) is 4. The maximum absolute atomic E-state index is 9.90. The largest absolute Gasteiger partial charge is 0.507 e. The van der Waals surface area contributed by atoms with Crippen molar-refractivity contribution in [3.63, 3.8) is 0 Å². The standard InChI is InChI=1S/C21H16N2O2/c24-18-12-6-4-8-15(18)14-22-21-20(23-16-9-2-1-3-10-16)17-11-5-7-13-19(17)25-21/h1-14,23-24H/b22-14+. The molecule has 4 nitrogen and oxygen atoms in total. The number of nitrogens with zero attached hydrogens (tertiary/aromatic N) is 1. The first-order chi connectivity index (χ1) is 12.3. The fourth-order valence-corrected chi connectivity index (χ4v) is 2.63. The summed E-state index contributed by atoms with van der Waals surface area (Å²) in [4.78, 5) is 4.46. The Kier molecular flexibility index (Phi) is 3.92. The molecule has 0 unspecified atom stereocenters. The lowest BCUT2D eigenvalue weighted by Crippen LogP contribution is -1.89. The Balaban J connectivity index is 1.78. The van der Waals surface area contributed by atoms with Crippen LogP contribution in [0.3, 0.4) is 0 Å². The van der Waals surface area contributed by atoms with E-state index in [0.29, 0.717) is 11.4 Å². The quantitative estimate of drug-likeness (QED) is 0.477. The maximum atomic E-state index is 9.90. The average molecular weight is 328 g/mol. The van der Waals surface area contributed by atoms with Gasteiger partial charge in [-0.05, 0) is 36.4 Å². The second-order valence-electron chi connectivity index (χ2n) is 5.59. The third-order valence-electron chi connectivity index (χ3n) is 3.88. The van der Waals surface area contributed by atoms with Gasteiger partial charge >= 0.3 is 0 Å². The van der Waals surface area contributed by atoms with Crippen LogP contribution >= 0.6 is 0 Å². The number of fused-ring (bicyclic) bond motifs is 1. The molecule has 0 aliphatic heterocycles. The van der Waals surface area contributed by atoms with Gasteiger partial charge in [-0.1, -0.05) is 42.5 Å². The van der Waals surface area contributed by atoms with E-state index in [1.165, 1.54) is 0 Å². The van der Waals surface area contributed by atoms with Gasteiger partial charge in [-0.15, -0.1) is 0 Å². The van der Waals surface area contributed by atoms with Gasteiger partial charge in [-0.25, -0.2) is 4.99 Å². The van der Waals surface area contributed by atoms with E-state index in [1.807, 2.05) is 60.7 Å². The number of aliphatic imine (C=N–C) groups is 1. The molecule has 0 fully saturated rings. The number of anilines is 2. The smallest absolute Gasteiger partial charge is 0.244 e. The van der Waals surface area contributed by atoms with Crippen LogP contribution in [0.25, 0.3) is 11.0 Å². The summed E-state index contributed by atoms with van der Waals surface area (Å²) in [7, 11) is 0. The molecule has 0 amide bonds. The van der Waals surface area contributed by atoms with Crippen molar-refractivity contribution in [2.24, 2.45) is 4.99 Å². The van der Waals surface area contributed by atoms with Crippen LogP contribution in [0.5, 0.6) is 5.75 Å². The monoisotopic (exact) mass is 328 g/mol. The number of aromatic hydroxyl groups is 1. The summed E-state index contributed by atoms with van der Waals surface area (Å²) in [5, 5.41) is 14.2. The molecule has 1 aromatic heterocycles. The molecule has 0 bridgehead atoms. The average Bonchev–Trinajstić information content (AvgIpc) is 3.00. The lowest BCUT2D eigenvalue weighted by molar-refractivity contribution is 0.474. The normalized spacial score (nSPS) is 11.2. The van der Waals surface area contributed by atoms with Crippen molar-refractivity contribution in [2.45, 2.75) is 0 Å². The molecule has 0 aliphatic rings. The lowest BCUT2D eigenvalue weighted by atomic mass is 10.2. The first-order valence-corrected chi connectivity index (χ1v) is 7.97. The van der Waals surface area contributed by atoms with Crippen molar-refractivity contribution in [2.75, 3.05) is 5.32 Å². The molecule has 4 heteroatoms. The summed E-state index contributed by atoms with van der Waals surface area (Å²) in [5.74, 6) is 0.647. The fourth-order valence-electron chi connectivity index (χ4n) is 2.63. The molecule has 0 saturated heterocycles. The van der Waals surface area contributed by atoms with Gasteiger partial charge in [-0.3, -0.25) is 0 Å². The summed E-state index contributed by atoms with van der Waals surface area (Å²) >= 11 is 0. The number of hydrogen-bond donors (Lipinski definition) is 2. The Morgan fingerprint density at radius 3 is 2.40 bits per heavy atom. The minimum atomic E-state index is 0.180. The third-order valence-corrected chi connectivity index (χ3v) is 3.88. The summed E-state index contributed by atoms with van der Waals surface area (Å²) in [6, 6.07) is 24.7. The molecule has 2 N–H and O–H groups in total. The summed E-state index contributed by atoms with van der Waals surface area (Å²) in [5.41, 5.74) is 3.14. The van der Waals surface area contributed by atoms with E-state index in [0.717, 1.165) is 22.3 Å². The summed E-state index contributed by atoms with van der Waals surface area (Å²) in [6.07, 6.45) is 1.60. The molecule has 1 heterocycles. The zero-order valence-electron chi connectivity index (χ0n) is 13.4. The second-order valence-corrected chi connectivity index (χ2v) is 5.59. The van der Waals surface area contributed by atoms with Crippen molar-refractivity contribution >= 4 is 34.4 Å². The fraction of sp³-hybridized carbons (Fsp3) is 0. The van der Waals surface area contributed by atoms with Gasteiger partial charge in [0.1, 0.15) is 17.0 Å². The highest BCUT2D eigenvalue weighted by Crippen LogP contribution is 2.38. The predicted octanol–water partition coefficient (Wildman–Crippen LogP) is 5.63. The number of rotatable bonds is 4. The van der Waals surface area contributed by atoms with Crippen LogP contribution in [-0.2, 0) is 0 Å². The number of phenols is 1. The molecule has 0 spiro atoms. The number of nitrogens with one attached hydrogen (secondary N) is 1. The van der Waals surface area contributed by atoms with E-state index in [2.05, 4.69) is 10.3 Å². The molecular weight excluding hydrogens is 312 g/mol. The Morgan fingerprint density at radius 2 is 1.56 bits per heavy atom. The third kappa shape index (κ3) is 3.10. The van der Waals surface area contributed by atoms with E-state index in [-0.39, 0.29) is 5.75 Å². The van der Waals surface area contributed by atoms with Gasteiger partial charge in [-0.2, -0.15) is 0 Å². The maximum Gasteiger partial charge on any atom is 0.244 e. The minimum Gasteiger partial charge on any atom is -0.507 e. The highest BCUT2D eigenvalue weighted by Gasteiger charge is 2.13. The molecule has 0 atom stereocenters. The molecule has 3 aromatic carbocycles. The van der Waals surface area contributed by atoms with Gasteiger partial charge in [0.25, 0.3) is 0 Å². The van der Waals surface area contributed by atoms with E-state index in [9.17, 15) is 5.11 Å². The summed E-state index contributed by atoms with van der Waals surface area (Å²) in [6.45, 7) is 0. The molecule has 25 heavy (non-hydrogen) atoms. The zero-order valence-corrected chi connectivity index (χ0v) is 13.4. The SMILES string of the molecule is Oc1ccccc1/C=N/c1oc2ccccc2c1Nc1ccccc1. The van der Waals surface area contributed by atoms with Crippen molar-refractivity contribution in [1.29, 1.82) is 0 Å². The zero-order chi connectivity index (χ0) is 17.1. The number of furan rings is 1. The van der Waals surface area contributed by atoms with E-state index in [1.54, 1.807) is 24.4 Å². The lowest BCUT2D eigenvalue weighted by Gasteiger charge is -2.05. The van der Waals surface area contributed by atoms with E-state index in [4.69, 9.17) is 4.42 Å². The molecule has 4 rings (SSSR count). The molecular formula is C21H16N2O2. The van der Waals surface area contributed by atoms with Crippen molar-refractivity contribution in [3.8, 4) is 5.75 Å². The van der Waals surface area contributed by atoms with Gasteiger partial charge in [0.05, 0.1) is 0 Å². The van der Waals surface area contributed by atoms with Gasteiger partial charge in [0.2, 0.25) is 5.88 Å². The van der Waals surface area contributed by atoms with E-state index < -0.39 is 0 Å². The minimum absolute atomic E-state index is 0.180. The highest BCUT2D eigenvalue weighted by atomic mass is 16.3. The second kappa shape index (κ2) is 6.53. The predicted molar refractivity (Wildman–Crippen MR) is 101 cm³/mol. The topological polar surface area (TPSA) is 57.8 Å². The Labute approximate surface area is 145 Å². The number of phenolic OH excluding ortho intramolecular Hbond substituents is 1. The van der Waals surface area contributed by atoms with Crippen molar-refractivity contribution in [1.82, 2.24) is 0 Å². The first-order valence-electron chi connectivity index (χ1n) is 7.97. The Bertz CT molecular complexity index is 1040. The van der Waals surface area contributed by atoms with Gasteiger partial charge < -0.3 is 14.8 Å². The number of para-hydroxylation sites is 3. The number of benzene rings is 3. The molecule has 0 saturated carbocycles. The van der Waals surface area contributed by atoms with Crippen LogP contribution in [0.15, 0.2) is 88.3 Å². The van der Waals surface area contributed by atoms with Gasteiger partial charge in [0.15, 0.2) is 0 Å². The molecule has 0 aliphatic carbocycles.